The van der Waals surface area contributed by atoms with Crippen molar-refractivity contribution in [2.75, 3.05) is 0 Å². The third kappa shape index (κ3) is 1.93. The Hall–Kier alpha value is -0.670. The minimum Gasteiger partial charge on any atom is -0.386 e. The normalized spacial score (nSPS) is 28.5. The smallest absolute Gasteiger partial charge is 0.168 e. The lowest BCUT2D eigenvalue weighted by atomic mass is 9.99. The largest absolute Gasteiger partial charge is 0.386 e. The molecule has 1 saturated heterocycles. The maximum Gasteiger partial charge on any atom is 0.168 e. The van der Waals surface area contributed by atoms with E-state index in [4.69, 9.17) is 4.74 Å². The average Bonchev–Trinajstić information content (AvgIpc) is 2.08. The van der Waals surface area contributed by atoms with E-state index >= 15 is 0 Å². The predicted molar refractivity (Wildman–Crippen MR) is 43.6 cm³/mol. The molecule has 65 valence electrons. The third-order valence-corrected chi connectivity index (χ3v) is 1.63. The van der Waals surface area contributed by atoms with Gasteiger partial charge < -0.3 is 9.84 Å². The Kier molecular flexibility index (Phi) is 3.00. The lowest BCUT2D eigenvalue weighted by Crippen LogP contribution is -2.40. The molecule has 12 heavy (non-hydrogen) atoms. The SMILES string of the molecule is C=C[C@@H](O)[C@@H]1O[C](C)[CH][CH]C1=O. The van der Waals surface area contributed by atoms with E-state index in [2.05, 4.69) is 6.58 Å². The number of carbonyl (C=O) groups is 1. The molecule has 1 fully saturated rings. The highest BCUT2D eigenvalue weighted by Crippen LogP contribution is 2.21. The topological polar surface area (TPSA) is 46.5 Å². The molecule has 0 unspecified atom stereocenters. The zero-order chi connectivity index (χ0) is 9.14. The second kappa shape index (κ2) is 3.83. The number of aliphatic hydroxyl groups excluding tert-OH is 1. The monoisotopic (exact) mass is 167 g/mol. The van der Waals surface area contributed by atoms with Gasteiger partial charge in [-0.15, -0.1) is 6.58 Å². The Balaban J connectivity index is 2.60. The Bertz CT molecular complexity index is 188. The molecule has 3 radical (unpaired) electrons. The minimum absolute atomic E-state index is 0.229. The molecule has 0 saturated carbocycles. The number of carbonyl (C=O) groups excluding carboxylic acids is 1. The van der Waals surface area contributed by atoms with E-state index in [1.807, 2.05) is 0 Å². The fraction of sp³-hybridized carbons (Fsp3) is 0.333. The number of ether oxygens (including phenoxy) is 1. The number of Topliss-reactive ketones (excluding diaryl/α,β-unsaturated/α-hetero) is 1. The van der Waals surface area contributed by atoms with Crippen molar-refractivity contribution in [2.45, 2.75) is 19.1 Å². The van der Waals surface area contributed by atoms with E-state index in [1.54, 1.807) is 13.3 Å². The van der Waals surface area contributed by atoms with Gasteiger partial charge in [0.1, 0.15) is 12.2 Å². The summed E-state index contributed by atoms with van der Waals surface area (Å²) in [5, 5.41) is 9.26. The molecular formula is C9H11O3. The highest BCUT2D eigenvalue weighted by molar-refractivity contribution is 5.94. The maximum absolute atomic E-state index is 11.1. The summed E-state index contributed by atoms with van der Waals surface area (Å²) in [5.74, 6) is -0.229. The first-order chi connectivity index (χ1) is 5.65. The van der Waals surface area contributed by atoms with Crippen LogP contribution in [0.25, 0.3) is 0 Å². The quantitative estimate of drug-likeness (QED) is 0.608. The van der Waals surface area contributed by atoms with Crippen molar-refractivity contribution < 1.29 is 14.6 Å². The molecule has 2 atom stereocenters. The summed E-state index contributed by atoms with van der Waals surface area (Å²) in [4.78, 5) is 11.1. The Morgan fingerprint density at radius 3 is 3.00 bits per heavy atom. The van der Waals surface area contributed by atoms with Gasteiger partial charge in [0.05, 0.1) is 6.10 Å². The van der Waals surface area contributed by atoms with Crippen LogP contribution in [0.5, 0.6) is 0 Å². The first-order valence-electron chi connectivity index (χ1n) is 3.68. The van der Waals surface area contributed by atoms with Gasteiger partial charge in [-0.3, -0.25) is 4.79 Å². The van der Waals surface area contributed by atoms with Crippen LogP contribution in [-0.2, 0) is 9.53 Å². The molecule has 3 heteroatoms. The van der Waals surface area contributed by atoms with Gasteiger partial charge in [0.2, 0.25) is 0 Å². The van der Waals surface area contributed by atoms with Gasteiger partial charge >= 0.3 is 0 Å². The van der Waals surface area contributed by atoms with Crippen molar-refractivity contribution in [3.8, 4) is 0 Å². The summed E-state index contributed by atoms with van der Waals surface area (Å²) in [6.07, 6.45) is 3.14. The van der Waals surface area contributed by atoms with E-state index in [9.17, 15) is 9.90 Å². The first kappa shape index (κ1) is 9.42. The summed E-state index contributed by atoms with van der Waals surface area (Å²) in [6, 6.07) is 0. The Labute approximate surface area is 72.0 Å². The van der Waals surface area contributed by atoms with Crippen molar-refractivity contribution in [3.63, 3.8) is 0 Å². The number of rotatable bonds is 2. The molecule has 1 aliphatic heterocycles. The summed E-state index contributed by atoms with van der Waals surface area (Å²) < 4.78 is 5.11. The highest BCUT2D eigenvalue weighted by Gasteiger charge is 2.32. The molecule has 0 aromatic heterocycles. The molecular weight excluding hydrogens is 156 g/mol. The van der Waals surface area contributed by atoms with Crippen molar-refractivity contribution in [2.24, 2.45) is 0 Å². The van der Waals surface area contributed by atoms with Crippen LogP contribution in [0.15, 0.2) is 12.7 Å². The van der Waals surface area contributed by atoms with Gasteiger partial charge in [-0.2, -0.15) is 0 Å². The van der Waals surface area contributed by atoms with E-state index in [1.165, 1.54) is 12.5 Å². The zero-order valence-corrected chi connectivity index (χ0v) is 6.86. The number of hydrogen-bond donors (Lipinski definition) is 1. The van der Waals surface area contributed by atoms with Crippen molar-refractivity contribution in [1.82, 2.24) is 0 Å². The van der Waals surface area contributed by atoms with Crippen LogP contribution in [0.4, 0.5) is 0 Å². The minimum atomic E-state index is -0.933. The molecule has 1 heterocycles. The molecule has 0 spiro atoms. The molecule has 0 aromatic rings. The van der Waals surface area contributed by atoms with Gasteiger partial charge in [-0.25, -0.2) is 0 Å². The van der Waals surface area contributed by atoms with Crippen molar-refractivity contribution in [1.29, 1.82) is 0 Å². The number of ketones is 1. The predicted octanol–water partition coefficient (Wildman–Crippen LogP) is 0.462. The van der Waals surface area contributed by atoms with E-state index in [-0.39, 0.29) is 5.78 Å². The van der Waals surface area contributed by atoms with Crippen molar-refractivity contribution >= 4 is 5.78 Å². The van der Waals surface area contributed by atoms with E-state index in [0.717, 1.165) is 0 Å². The Morgan fingerprint density at radius 1 is 1.75 bits per heavy atom. The second-order valence-electron chi connectivity index (χ2n) is 2.61. The van der Waals surface area contributed by atoms with Gasteiger partial charge in [-0.05, 0) is 6.92 Å². The summed E-state index contributed by atoms with van der Waals surface area (Å²) >= 11 is 0. The van der Waals surface area contributed by atoms with Crippen LogP contribution in [-0.4, -0.2) is 23.1 Å². The molecule has 0 aliphatic carbocycles. The fourth-order valence-electron chi connectivity index (χ4n) is 0.954. The molecule has 1 aliphatic rings. The van der Waals surface area contributed by atoms with Gasteiger partial charge in [0, 0.05) is 12.8 Å². The van der Waals surface area contributed by atoms with Crippen LogP contribution >= 0.6 is 0 Å². The fourth-order valence-corrected chi connectivity index (χ4v) is 0.954. The molecule has 0 aromatic carbocycles. The van der Waals surface area contributed by atoms with Gasteiger partial charge in [-0.1, -0.05) is 6.08 Å². The van der Waals surface area contributed by atoms with Crippen LogP contribution in [0.3, 0.4) is 0 Å². The molecule has 0 bridgehead atoms. The number of hydrogen-bond acceptors (Lipinski definition) is 3. The summed E-state index contributed by atoms with van der Waals surface area (Å²) in [5.41, 5.74) is 0. The van der Waals surface area contributed by atoms with Crippen molar-refractivity contribution in [3.05, 3.63) is 31.6 Å². The average molecular weight is 167 g/mol. The first-order valence-corrected chi connectivity index (χ1v) is 3.68. The lowest BCUT2D eigenvalue weighted by molar-refractivity contribution is -0.133. The lowest BCUT2D eigenvalue weighted by Gasteiger charge is -2.27. The van der Waals surface area contributed by atoms with Gasteiger partial charge in [0.25, 0.3) is 0 Å². The highest BCUT2D eigenvalue weighted by atomic mass is 16.5. The molecule has 1 rings (SSSR count). The summed E-state index contributed by atoms with van der Waals surface area (Å²) in [6.45, 7) is 5.11. The van der Waals surface area contributed by atoms with Crippen LogP contribution in [0.1, 0.15) is 6.92 Å². The second-order valence-corrected chi connectivity index (χ2v) is 2.61. The Morgan fingerprint density at radius 2 is 2.42 bits per heavy atom. The maximum atomic E-state index is 11.1. The molecule has 3 nitrogen and oxygen atoms in total. The zero-order valence-electron chi connectivity index (χ0n) is 6.86. The third-order valence-electron chi connectivity index (χ3n) is 1.63. The number of aliphatic hydroxyl groups is 1. The molecule has 0 amide bonds. The van der Waals surface area contributed by atoms with Gasteiger partial charge in [0.15, 0.2) is 5.78 Å². The van der Waals surface area contributed by atoms with Crippen LogP contribution in [0.2, 0.25) is 0 Å². The summed E-state index contributed by atoms with van der Waals surface area (Å²) in [7, 11) is 0. The van der Waals surface area contributed by atoms with E-state index in [0.29, 0.717) is 6.10 Å². The van der Waals surface area contributed by atoms with Crippen LogP contribution in [0, 0.1) is 18.9 Å². The van der Waals surface area contributed by atoms with Crippen LogP contribution < -0.4 is 0 Å². The standard InChI is InChI=1S/C9H11O3/c1-3-7(10)9-8(11)5-4-6(2)12-9/h3-5,7,9-10H,1H2,2H3/t7-,9+/m1/s1. The van der Waals surface area contributed by atoms with E-state index < -0.39 is 12.2 Å². The molecule has 1 N–H and O–H groups in total.